The summed E-state index contributed by atoms with van der Waals surface area (Å²) in [6.07, 6.45) is 3.87. The summed E-state index contributed by atoms with van der Waals surface area (Å²) < 4.78 is 1.95. The first kappa shape index (κ1) is 10.5. The summed E-state index contributed by atoms with van der Waals surface area (Å²) in [5, 5.41) is 1.98. The van der Waals surface area contributed by atoms with Crippen molar-refractivity contribution in [1.29, 1.82) is 0 Å². The second-order valence-electron chi connectivity index (χ2n) is 4.38. The molecule has 0 aromatic carbocycles. The van der Waals surface area contributed by atoms with Crippen molar-refractivity contribution in [1.82, 2.24) is 0 Å². The van der Waals surface area contributed by atoms with Gasteiger partial charge in [-0.1, -0.05) is 6.42 Å². The first-order valence-electron chi connectivity index (χ1n) is 5.17. The van der Waals surface area contributed by atoms with Crippen molar-refractivity contribution < 1.29 is 4.79 Å². The normalized spacial score (nSPS) is 32.8. The van der Waals surface area contributed by atoms with Gasteiger partial charge >= 0.3 is 0 Å². The van der Waals surface area contributed by atoms with Crippen LogP contribution < -0.4 is 0 Å². The molecular weight excluding hydrogens is 340 g/mol. The fraction of sp³-hybridized carbons (Fsp3) is 0.545. The predicted molar refractivity (Wildman–Crippen MR) is 68.4 cm³/mol. The van der Waals surface area contributed by atoms with Crippen molar-refractivity contribution in [2.45, 2.75) is 19.3 Å². The molecule has 1 nitrogen and oxygen atoms in total. The monoisotopic (exact) mass is 348 g/mol. The molecule has 4 heteroatoms. The molecule has 2 aliphatic carbocycles. The summed E-state index contributed by atoms with van der Waals surface area (Å²) in [5.74, 6) is 2.14. The van der Waals surface area contributed by atoms with Gasteiger partial charge in [0.15, 0.2) is 5.78 Å². The average Bonchev–Trinajstić information content (AvgIpc) is 2.58. The van der Waals surface area contributed by atoms with Gasteiger partial charge in [-0.05, 0) is 56.5 Å². The molecule has 0 radical (unpaired) electrons. The fourth-order valence-electron chi connectivity index (χ4n) is 2.85. The van der Waals surface area contributed by atoms with E-state index in [9.17, 15) is 4.79 Å². The number of carbonyl (C=O) groups is 1. The molecule has 3 rings (SSSR count). The van der Waals surface area contributed by atoms with E-state index in [0.29, 0.717) is 23.5 Å². The van der Waals surface area contributed by atoms with Crippen molar-refractivity contribution in [3.63, 3.8) is 0 Å². The van der Waals surface area contributed by atoms with Gasteiger partial charge in [0.1, 0.15) is 0 Å². The second-order valence-corrected chi connectivity index (χ2v) is 6.90. The Hall–Kier alpha value is 0.330. The van der Waals surface area contributed by atoms with E-state index in [1.165, 1.54) is 19.3 Å². The SMILES string of the molecule is O=C(c1scc(Br)c1Br)C1C2CCCC21. The molecule has 2 unspecified atom stereocenters. The molecular formula is C11H10Br2OS. The van der Waals surface area contributed by atoms with Gasteiger partial charge < -0.3 is 0 Å². The number of hydrogen-bond donors (Lipinski definition) is 0. The summed E-state index contributed by atoms with van der Waals surface area (Å²) in [7, 11) is 0. The number of thiophene rings is 1. The molecule has 2 aliphatic rings. The molecule has 0 spiro atoms. The Bertz CT molecular complexity index is 416. The highest BCUT2D eigenvalue weighted by Crippen LogP contribution is 2.59. The van der Waals surface area contributed by atoms with E-state index in [-0.39, 0.29) is 0 Å². The second kappa shape index (κ2) is 3.67. The first-order valence-corrected chi connectivity index (χ1v) is 7.63. The topological polar surface area (TPSA) is 17.1 Å². The van der Waals surface area contributed by atoms with Gasteiger partial charge in [0.25, 0.3) is 0 Å². The highest BCUT2D eigenvalue weighted by molar-refractivity contribution is 9.13. The fourth-order valence-corrected chi connectivity index (χ4v) is 5.01. The van der Waals surface area contributed by atoms with Crippen LogP contribution >= 0.6 is 43.2 Å². The summed E-state index contributed by atoms with van der Waals surface area (Å²) in [5.41, 5.74) is 0. The zero-order valence-electron chi connectivity index (χ0n) is 8.00. The Labute approximate surface area is 110 Å². The molecule has 2 saturated carbocycles. The minimum absolute atomic E-state index is 0.348. The Balaban J connectivity index is 1.84. The number of hydrogen-bond acceptors (Lipinski definition) is 2. The molecule has 0 amide bonds. The highest BCUT2D eigenvalue weighted by atomic mass is 79.9. The number of ketones is 1. The van der Waals surface area contributed by atoms with Gasteiger partial charge in [-0.25, -0.2) is 0 Å². The van der Waals surface area contributed by atoms with Crippen LogP contribution in [0, 0.1) is 17.8 Å². The van der Waals surface area contributed by atoms with E-state index < -0.39 is 0 Å². The number of fused-ring (bicyclic) bond motifs is 1. The maximum Gasteiger partial charge on any atom is 0.177 e. The third kappa shape index (κ3) is 1.56. The van der Waals surface area contributed by atoms with Gasteiger partial charge in [0, 0.05) is 15.8 Å². The van der Waals surface area contributed by atoms with Crippen LogP contribution in [0.25, 0.3) is 0 Å². The lowest BCUT2D eigenvalue weighted by Gasteiger charge is -2.01. The zero-order valence-corrected chi connectivity index (χ0v) is 12.0. The molecule has 1 aromatic rings. The van der Waals surface area contributed by atoms with Crippen LogP contribution in [-0.2, 0) is 0 Å². The Morgan fingerprint density at radius 2 is 2.00 bits per heavy atom. The van der Waals surface area contributed by atoms with Crippen LogP contribution in [0.1, 0.15) is 28.9 Å². The van der Waals surface area contributed by atoms with Gasteiger partial charge in [0.05, 0.1) is 9.35 Å². The minimum atomic E-state index is 0.348. The minimum Gasteiger partial charge on any atom is -0.293 e. The highest BCUT2D eigenvalue weighted by Gasteiger charge is 2.56. The summed E-state index contributed by atoms with van der Waals surface area (Å²) >= 11 is 8.44. The van der Waals surface area contributed by atoms with Crippen LogP contribution in [-0.4, -0.2) is 5.78 Å². The van der Waals surface area contributed by atoms with E-state index >= 15 is 0 Å². The molecule has 0 saturated heterocycles. The standard InChI is InChI=1S/C11H10Br2OS/c12-7-4-15-11(9(7)13)10(14)8-5-2-1-3-6(5)8/h4-6,8H,1-3H2. The quantitative estimate of drug-likeness (QED) is 0.718. The molecule has 0 N–H and O–H groups in total. The molecule has 2 atom stereocenters. The van der Waals surface area contributed by atoms with Gasteiger partial charge in [-0.2, -0.15) is 0 Å². The van der Waals surface area contributed by atoms with Crippen LogP contribution in [0.15, 0.2) is 14.3 Å². The predicted octanol–water partition coefficient (Wildman–Crippen LogP) is 4.50. The van der Waals surface area contributed by atoms with Crippen molar-refractivity contribution in [3.8, 4) is 0 Å². The van der Waals surface area contributed by atoms with Crippen molar-refractivity contribution in [2.75, 3.05) is 0 Å². The third-order valence-corrected chi connectivity index (χ3v) is 7.16. The number of halogens is 2. The largest absolute Gasteiger partial charge is 0.293 e. The molecule has 80 valence electrons. The van der Waals surface area contributed by atoms with Gasteiger partial charge in [-0.15, -0.1) is 11.3 Å². The van der Waals surface area contributed by atoms with Crippen LogP contribution in [0.4, 0.5) is 0 Å². The Kier molecular flexibility index (Phi) is 2.57. The molecule has 1 aromatic heterocycles. The third-order valence-electron chi connectivity index (χ3n) is 3.62. The lowest BCUT2D eigenvalue weighted by Crippen LogP contribution is -2.04. The van der Waals surface area contributed by atoms with E-state index in [1.807, 2.05) is 5.38 Å². The van der Waals surface area contributed by atoms with Crippen LogP contribution in [0.3, 0.4) is 0 Å². The zero-order chi connectivity index (χ0) is 10.6. The maximum absolute atomic E-state index is 12.2. The van der Waals surface area contributed by atoms with Crippen LogP contribution in [0.2, 0.25) is 0 Å². The number of Topliss-reactive ketones (excluding diaryl/α,β-unsaturated/α-hetero) is 1. The summed E-state index contributed by atoms with van der Waals surface area (Å²) in [6.45, 7) is 0. The van der Waals surface area contributed by atoms with Crippen molar-refractivity contribution in [2.24, 2.45) is 17.8 Å². The summed E-state index contributed by atoms with van der Waals surface area (Å²) in [6, 6.07) is 0. The molecule has 0 aliphatic heterocycles. The first-order chi connectivity index (χ1) is 7.20. The summed E-state index contributed by atoms with van der Waals surface area (Å²) in [4.78, 5) is 13.1. The lowest BCUT2D eigenvalue weighted by atomic mass is 10.1. The number of rotatable bonds is 2. The van der Waals surface area contributed by atoms with E-state index in [1.54, 1.807) is 11.3 Å². The van der Waals surface area contributed by atoms with Crippen molar-refractivity contribution in [3.05, 3.63) is 19.2 Å². The van der Waals surface area contributed by atoms with E-state index in [2.05, 4.69) is 31.9 Å². The molecule has 0 bridgehead atoms. The molecule has 15 heavy (non-hydrogen) atoms. The van der Waals surface area contributed by atoms with Crippen molar-refractivity contribution >= 4 is 49.0 Å². The number of carbonyl (C=O) groups excluding carboxylic acids is 1. The lowest BCUT2D eigenvalue weighted by molar-refractivity contribution is 0.0955. The van der Waals surface area contributed by atoms with E-state index in [4.69, 9.17) is 0 Å². The average molecular weight is 350 g/mol. The van der Waals surface area contributed by atoms with Gasteiger partial charge in [-0.3, -0.25) is 4.79 Å². The van der Waals surface area contributed by atoms with Crippen LogP contribution in [0.5, 0.6) is 0 Å². The maximum atomic E-state index is 12.2. The molecule has 2 fully saturated rings. The Morgan fingerprint density at radius 3 is 2.53 bits per heavy atom. The van der Waals surface area contributed by atoms with E-state index in [0.717, 1.165) is 13.8 Å². The smallest absolute Gasteiger partial charge is 0.177 e. The Morgan fingerprint density at radius 1 is 1.33 bits per heavy atom. The van der Waals surface area contributed by atoms with Gasteiger partial charge in [0.2, 0.25) is 0 Å². The molecule has 1 heterocycles.